The summed E-state index contributed by atoms with van der Waals surface area (Å²) in [6, 6.07) is 24.1. The number of rotatable bonds is 7. The molecule has 5 rings (SSSR count). The lowest BCUT2D eigenvalue weighted by atomic mass is 9.83. The summed E-state index contributed by atoms with van der Waals surface area (Å²) >= 11 is 0. The van der Waals surface area contributed by atoms with Crippen LogP contribution in [0.1, 0.15) is 79.8 Å². The Morgan fingerprint density at radius 1 is 0.974 bits per heavy atom. The Kier molecular flexibility index (Phi) is 7.32. The van der Waals surface area contributed by atoms with Crippen molar-refractivity contribution in [3.05, 3.63) is 106 Å². The summed E-state index contributed by atoms with van der Waals surface area (Å²) < 4.78 is 11.6. The van der Waals surface area contributed by atoms with Crippen molar-refractivity contribution in [3.8, 4) is 5.75 Å². The number of aromatic amines is 1. The van der Waals surface area contributed by atoms with Gasteiger partial charge in [0.2, 0.25) is 5.75 Å². The molecule has 6 nitrogen and oxygen atoms in total. The van der Waals surface area contributed by atoms with Crippen LogP contribution in [0.15, 0.2) is 77.6 Å². The molecular formula is C32H34N2O4. The number of carbonyl (C=O) groups is 1. The molecule has 196 valence electrons. The first-order valence-corrected chi connectivity index (χ1v) is 13.3. The number of hydrogen-bond acceptors (Lipinski definition) is 5. The third kappa shape index (κ3) is 5.80. The molecule has 4 aromatic rings. The average Bonchev–Trinajstić information content (AvgIpc) is 3.42. The zero-order chi connectivity index (χ0) is 26.7. The highest BCUT2D eigenvalue weighted by molar-refractivity contribution is 5.90. The number of benzene rings is 3. The predicted octanol–water partition coefficient (Wildman–Crippen LogP) is 6.78. The second-order valence-electron chi connectivity index (χ2n) is 11.0. The largest absolute Gasteiger partial charge is 0.481 e. The van der Waals surface area contributed by atoms with Gasteiger partial charge in [-0.05, 0) is 61.4 Å². The van der Waals surface area contributed by atoms with Crippen molar-refractivity contribution in [1.82, 2.24) is 9.97 Å². The van der Waals surface area contributed by atoms with E-state index in [1.165, 1.54) is 0 Å². The first-order valence-electron chi connectivity index (χ1n) is 13.3. The summed E-state index contributed by atoms with van der Waals surface area (Å²) in [5, 5.41) is 2.28. The molecule has 0 spiro atoms. The molecule has 1 saturated carbocycles. The molecule has 0 radical (unpaired) electrons. The number of nitrogens with one attached hydrogen (secondary N) is 1. The summed E-state index contributed by atoms with van der Waals surface area (Å²) in [7, 11) is 0. The fourth-order valence-electron chi connectivity index (χ4n) is 5.30. The Hall–Kier alpha value is -3.93. The van der Waals surface area contributed by atoms with Gasteiger partial charge in [0.1, 0.15) is 18.0 Å². The Balaban J connectivity index is 1.60. The van der Waals surface area contributed by atoms with Gasteiger partial charge in [-0.25, -0.2) is 9.78 Å². The third-order valence-electron chi connectivity index (χ3n) is 7.01. The van der Waals surface area contributed by atoms with E-state index in [0.717, 1.165) is 47.6 Å². The molecule has 1 heterocycles. The molecule has 0 aliphatic heterocycles. The number of aromatic nitrogens is 2. The summed E-state index contributed by atoms with van der Waals surface area (Å²) in [6.07, 6.45) is 4.34. The molecule has 1 unspecified atom stereocenters. The number of carbonyl (C=O) groups excluding carboxylic acids is 1. The first-order chi connectivity index (χ1) is 18.3. The van der Waals surface area contributed by atoms with Gasteiger partial charge in [-0.3, -0.25) is 4.79 Å². The second-order valence-corrected chi connectivity index (χ2v) is 11.0. The maximum Gasteiger partial charge on any atom is 0.361 e. The summed E-state index contributed by atoms with van der Waals surface area (Å²) in [6.45, 7) is 5.51. The molecule has 6 heteroatoms. The minimum Gasteiger partial charge on any atom is -0.481 e. The maximum atomic E-state index is 13.5. The van der Waals surface area contributed by atoms with Gasteiger partial charge in [0, 0.05) is 5.92 Å². The number of fused-ring (bicyclic) bond motifs is 1. The maximum absolute atomic E-state index is 13.5. The smallest absolute Gasteiger partial charge is 0.361 e. The lowest BCUT2D eigenvalue weighted by molar-refractivity contribution is 0.00570. The van der Waals surface area contributed by atoms with Crippen molar-refractivity contribution in [2.45, 2.75) is 64.6 Å². The number of nitrogens with zero attached hydrogens (tertiary/aromatic N) is 1. The van der Waals surface area contributed by atoms with Gasteiger partial charge >= 0.3 is 5.97 Å². The van der Waals surface area contributed by atoms with Crippen LogP contribution in [0.4, 0.5) is 0 Å². The average molecular weight is 511 g/mol. The lowest BCUT2D eigenvalue weighted by Crippen LogP contribution is -2.29. The minimum atomic E-state index is -0.749. The lowest BCUT2D eigenvalue weighted by Gasteiger charge is -2.25. The molecule has 1 aromatic heterocycles. The fraction of sp³-hybridized carbons (Fsp3) is 0.344. The number of hydrogen-bond donors (Lipinski definition) is 1. The molecule has 0 bridgehead atoms. The molecule has 3 aromatic carbocycles. The van der Waals surface area contributed by atoms with Gasteiger partial charge in [-0.2, -0.15) is 0 Å². The van der Waals surface area contributed by atoms with Crippen LogP contribution < -0.4 is 10.3 Å². The zero-order valence-electron chi connectivity index (χ0n) is 22.2. The van der Waals surface area contributed by atoms with Crippen LogP contribution in [0, 0.1) is 5.92 Å². The van der Waals surface area contributed by atoms with Crippen molar-refractivity contribution in [3.63, 3.8) is 0 Å². The number of ether oxygens (including phenoxy) is 2. The van der Waals surface area contributed by atoms with Gasteiger partial charge in [-0.1, -0.05) is 85.6 Å². The summed E-state index contributed by atoms with van der Waals surface area (Å²) in [5.74, 6) is -0.154. The van der Waals surface area contributed by atoms with Gasteiger partial charge in [0.15, 0.2) is 5.69 Å². The van der Waals surface area contributed by atoms with Crippen LogP contribution in [-0.4, -0.2) is 21.5 Å². The Bertz CT molecular complexity index is 1480. The van der Waals surface area contributed by atoms with E-state index in [1.807, 2.05) is 42.5 Å². The normalized spacial score (nSPS) is 14.9. The van der Waals surface area contributed by atoms with E-state index in [9.17, 15) is 9.59 Å². The quantitative estimate of drug-likeness (QED) is 0.277. The highest BCUT2D eigenvalue weighted by Gasteiger charge is 2.33. The van der Waals surface area contributed by atoms with Gasteiger partial charge in [-0.15, -0.1) is 0 Å². The van der Waals surface area contributed by atoms with Crippen LogP contribution in [0.5, 0.6) is 5.75 Å². The summed E-state index contributed by atoms with van der Waals surface area (Å²) in [4.78, 5) is 34.6. The van der Waals surface area contributed by atoms with E-state index >= 15 is 0 Å². The summed E-state index contributed by atoms with van der Waals surface area (Å²) in [5.41, 5.74) is 0.647. The van der Waals surface area contributed by atoms with Gasteiger partial charge in [0.25, 0.3) is 5.56 Å². The van der Waals surface area contributed by atoms with E-state index < -0.39 is 17.1 Å². The molecule has 1 atom stereocenters. The van der Waals surface area contributed by atoms with Crippen molar-refractivity contribution in [2.24, 2.45) is 5.92 Å². The monoisotopic (exact) mass is 510 g/mol. The molecule has 0 saturated heterocycles. The number of esters is 1. The molecule has 0 amide bonds. The van der Waals surface area contributed by atoms with Crippen LogP contribution in [-0.2, 0) is 11.3 Å². The van der Waals surface area contributed by atoms with Gasteiger partial charge in [0.05, 0.1) is 0 Å². The predicted molar refractivity (Wildman–Crippen MR) is 149 cm³/mol. The molecule has 38 heavy (non-hydrogen) atoms. The van der Waals surface area contributed by atoms with Crippen LogP contribution in [0.25, 0.3) is 10.8 Å². The van der Waals surface area contributed by atoms with E-state index in [4.69, 9.17) is 14.5 Å². The molecular weight excluding hydrogens is 476 g/mol. The highest BCUT2D eigenvalue weighted by Crippen LogP contribution is 2.41. The topological polar surface area (TPSA) is 81.3 Å². The number of H-pyrrole nitrogens is 1. The zero-order valence-corrected chi connectivity index (χ0v) is 22.2. The van der Waals surface area contributed by atoms with E-state index in [0.29, 0.717) is 11.7 Å². The van der Waals surface area contributed by atoms with Crippen molar-refractivity contribution in [1.29, 1.82) is 0 Å². The minimum absolute atomic E-state index is 0.0848. The Morgan fingerprint density at radius 2 is 1.66 bits per heavy atom. The Labute approximate surface area is 223 Å². The van der Waals surface area contributed by atoms with Gasteiger partial charge < -0.3 is 14.5 Å². The SMILES string of the molecule is CC(C)(C)OC(=O)c1nc(C(c2ccc3ccccc3c2)C2CCCC2)[nH]c(=O)c1OCc1ccccc1. The van der Waals surface area contributed by atoms with Crippen molar-refractivity contribution >= 4 is 16.7 Å². The van der Waals surface area contributed by atoms with Crippen LogP contribution >= 0.6 is 0 Å². The Morgan fingerprint density at radius 3 is 2.37 bits per heavy atom. The second kappa shape index (κ2) is 10.8. The van der Waals surface area contributed by atoms with Crippen LogP contribution in [0.3, 0.4) is 0 Å². The third-order valence-corrected chi connectivity index (χ3v) is 7.01. The fourth-order valence-corrected chi connectivity index (χ4v) is 5.30. The van der Waals surface area contributed by atoms with E-state index in [-0.39, 0.29) is 24.0 Å². The molecule has 1 aliphatic rings. The molecule has 1 fully saturated rings. The highest BCUT2D eigenvalue weighted by atomic mass is 16.6. The van der Waals surface area contributed by atoms with E-state index in [2.05, 4.69) is 35.3 Å². The first kappa shape index (κ1) is 25.7. The standard InChI is InChI=1S/C32H34N2O4/c1-32(2,3)38-31(36)27-28(37-20-21-11-5-4-6-12-21)30(35)34-29(33-27)26(23-14-8-9-15-23)25-18-17-22-13-7-10-16-24(22)19-25/h4-7,10-13,16-19,23,26H,8-9,14-15,20H2,1-3H3,(H,33,34,35). The van der Waals surface area contributed by atoms with Crippen LogP contribution in [0.2, 0.25) is 0 Å². The molecule has 1 aliphatic carbocycles. The molecule has 1 N–H and O–H groups in total. The van der Waals surface area contributed by atoms with Crippen molar-refractivity contribution in [2.75, 3.05) is 0 Å². The van der Waals surface area contributed by atoms with E-state index in [1.54, 1.807) is 20.8 Å². The van der Waals surface area contributed by atoms with Crippen molar-refractivity contribution < 1.29 is 14.3 Å².